The van der Waals surface area contributed by atoms with E-state index in [0.717, 1.165) is 0 Å². The van der Waals surface area contributed by atoms with Crippen molar-refractivity contribution in [1.29, 1.82) is 5.26 Å². The molecule has 0 fully saturated rings. The zero-order chi connectivity index (χ0) is 9.14. The van der Waals surface area contributed by atoms with E-state index in [-0.39, 0.29) is 11.3 Å². The summed E-state index contributed by atoms with van der Waals surface area (Å²) >= 11 is 8.32. The molecule has 12 heavy (non-hydrogen) atoms. The van der Waals surface area contributed by atoms with Crippen LogP contribution in [0.15, 0.2) is 16.7 Å². The number of rotatable bonds is 1. The molecule has 1 aromatic rings. The maximum Gasteiger partial charge on any atom is 0.255 e. The number of carbonyl (C=O) groups excluding carboxylic acids is 1. The highest BCUT2D eigenvalue weighted by Crippen LogP contribution is 2.15. The van der Waals surface area contributed by atoms with Gasteiger partial charge >= 0.3 is 0 Å². The molecule has 0 aromatic carbocycles. The smallest absolute Gasteiger partial charge is 0.255 e. The van der Waals surface area contributed by atoms with Crippen molar-refractivity contribution in [3.05, 3.63) is 28.0 Å². The third kappa shape index (κ3) is 1.81. The largest absolute Gasteiger partial charge is 0.275 e. The van der Waals surface area contributed by atoms with E-state index >= 15 is 0 Å². The second kappa shape index (κ2) is 3.65. The van der Waals surface area contributed by atoms with Crippen molar-refractivity contribution in [1.82, 2.24) is 4.98 Å². The van der Waals surface area contributed by atoms with Gasteiger partial charge in [-0.25, -0.2) is 4.98 Å². The number of hydrogen-bond acceptors (Lipinski definition) is 3. The average Bonchev–Trinajstić information content (AvgIpc) is 2.04. The van der Waals surface area contributed by atoms with Gasteiger partial charge < -0.3 is 0 Å². The van der Waals surface area contributed by atoms with Crippen LogP contribution in [-0.2, 0) is 0 Å². The lowest BCUT2D eigenvalue weighted by atomic mass is 10.2. The molecule has 0 N–H and O–H groups in total. The fourth-order valence-electron chi connectivity index (χ4n) is 0.678. The van der Waals surface area contributed by atoms with Gasteiger partial charge in [-0.15, -0.1) is 0 Å². The molecule has 1 aromatic heterocycles. The van der Waals surface area contributed by atoms with Gasteiger partial charge in [0, 0.05) is 10.7 Å². The number of halogens is 2. The minimum atomic E-state index is -0.680. The van der Waals surface area contributed by atoms with E-state index in [1.807, 2.05) is 0 Å². The monoisotopic (exact) mass is 244 g/mol. The molecular weight excluding hydrogens is 243 g/mol. The highest BCUT2D eigenvalue weighted by molar-refractivity contribution is 9.10. The van der Waals surface area contributed by atoms with E-state index in [4.69, 9.17) is 16.9 Å². The number of aromatic nitrogens is 1. The van der Waals surface area contributed by atoms with Gasteiger partial charge in [-0.05, 0) is 33.6 Å². The maximum absolute atomic E-state index is 10.7. The van der Waals surface area contributed by atoms with E-state index in [9.17, 15) is 4.79 Å². The van der Waals surface area contributed by atoms with Crippen LogP contribution < -0.4 is 0 Å². The summed E-state index contributed by atoms with van der Waals surface area (Å²) in [7, 11) is 0. The van der Waals surface area contributed by atoms with Crippen molar-refractivity contribution >= 4 is 32.8 Å². The molecule has 0 radical (unpaired) electrons. The van der Waals surface area contributed by atoms with Crippen molar-refractivity contribution in [2.75, 3.05) is 0 Å². The first-order valence-corrected chi connectivity index (χ1v) is 4.07. The Morgan fingerprint density at radius 2 is 2.42 bits per heavy atom. The minimum Gasteiger partial charge on any atom is -0.275 e. The Balaban J connectivity index is 3.34. The quantitative estimate of drug-likeness (QED) is 0.712. The lowest BCUT2D eigenvalue weighted by molar-refractivity contribution is 0.108. The molecule has 1 rings (SSSR count). The molecule has 0 amide bonds. The summed E-state index contributed by atoms with van der Waals surface area (Å²) in [6.07, 6.45) is 1.43. The third-order valence-electron chi connectivity index (χ3n) is 1.17. The van der Waals surface area contributed by atoms with Crippen molar-refractivity contribution in [2.24, 2.45) is 0 Å². The first-order chi connectivity index (χ1) is 5.65. The summed E-state index contributed by atoms with van der Waals surface area (Å²) in [4.78, 5) is 14.4. The molecular formula is C7H2BrClN2O. The maximum atomic E-state index is 10.7. The summed E-state index contributed by atoms with van der Waals surface area (Å²) in [5, 5.41) is 7.84. The van der Waals surface area contributed by atoms with Crippen LogP contribution in [0.25, 0.3) is 0 Å². The Bertz CT molecular complexity index is 372. The zero-order valence-electron chi connectivity index (χ0n) is 5.71. The van der Waals surface area contributed by atoms with E-state index < -0.39 is 5.24 Å². The zero-order valence-corrected chi connectivity index (χ0v) is 8.06. The molecule has 0 saturated carbocycles. The van der Waals surface area contributed by atoms with Crippen LogP contribution in [0.5, 0.6) is 0 Å². The van der Waals surface area contributed by atoms with Crippen LogP contribution in [-0.4, -0.2) is 10.2 Å². The molecule has 0 unspecified atom stereocenters. The molecule has 60 valence electrons. The van der Waals surface area contributed by atoms with Crippen molar-refractivity contribution < 1.29 is 4.79 Å². The Hall–Kier alpha value is -0.920. The summed E-state index contributed by atoms with van der Waals surface area (Å²) in [6, 6.07) is 3.23. The first-order valence-electron chi connectivity index (χ1n) is 2.90. The second-order valence-electron chi connectivity index (χ2n) is 1.94. The lowest BCUT2D eigenvalue weighted by Gasteiger charge is -1.96. The van der Waals surface area contributed by atoms with Gasteiger partial charge in [0.2, 0.25) is 0 Å². The summed E-state index contributed by atoms with van der Waals surface area (Å²) in [5.74, 6) is 0. The van der Waals surface area contributed by atoms with Crippen LogP contribution in [0.2, 0.25) is 0 Å². The summed E-state index contributed by atoms with van der Waals surface area (Å²) in [6.45, 7) is 0. The van der Waals surface area contributed by atoms with Crippen LogP contribution in [0.1, 0.15) is 16.1 Å². The van der Waals surface area contributed by atoms with Crippen LogP contribution >= 0.6 is 27.5 Å². The number of nitriles is 1. The number of hydrogen-bond donors (Lipinski definition) is 0. The molecule has 0 spiro atoms. The van der Waals surface area contributed by atoms with Crippen molar-refractivity contribution in [2.45, 2.75) is 0 Å². The topological polar surface area (TPSA) is 53.8 Å². The van der Waals surface area contributed by atoms with E-state index in [2.05, 4.69) is 20.9 Å². The van der Waals surface area contributed by atoms with Crippen LogP contribution in [0.4, 0.5) is 0 Å². The van der Waals surface area contributed by atoms with Gasteiger partial charge in [0.1, 0.15) is 6.07 Å². The molecule has 0 bridgehead atoms. The van der Waals surface area contributed by atoms with E-state index in [1.165, 1.54) is 12.3 Å². The Kier molecular flexibility index (Phi) is 2.79. The molecule has 0 aliphatic carbocycles. The normalized spacial score (nSPS) is 9.08. The van der Waals surface area contributed by atoms with Crippen LogP contribution in [0, 0.1) is 11.3 Å². The SMILES string of the molecule is N#Cc1ncc(Br)cc1C(=O)Cl. The Morgan fingerprint density at radius 1 is 1.75 bits per heavy atom. The van der Waals surface area contributed by atoms with Gasteiger partial charge in [-0.1, -0.05) is 0 Å². The highest BCUT2D eigenvalue weighted by atomic mass is 79.9. The Morgan fingerprint density at radius 3 is 2.92 bits per heavy atom. The molecule has 0 saturated heterocycles. The average molecular weight is 245 g/mol. The van der Waals surface area contributed by atoms with Gasteiger partial charge in [-0.3, -0.25) is 4.79 Å². The lowest BCUT2D eigenvalue weighted by Crippen LogP contribution is -1.96. The second-order valence-corrected chi connectivity index (χ2v) is 3.19. The summed E-state index contributed by atoms with van der Waals surface area (Å²) in [5.41, 5.74) is 0.159. The predicted molar refractivity (Wildman–Crippen MR) is 46.8 cm³/mol. The van der Waals surface area contributed by atoms with E-state index in [1.54, 1.807) is 6.07 Å². The van der Waals surface area contributed by atoms with Gasteiger partial charge in [-0.2, -0.15) is 5.26 Å². The van der Waals surface area contributed by atoms with Gasteiger partial charge in [0.15, 0.2) is 5.69 Å². The van der Waals surface area contributed by atoms with Crippen molar-refractivity contribution in [3.8, 4) is 6.07 Å². The third-order valence-corrected chi connectivity index (χ3v) is 1.81. The van der Waals surface area contributed by atoms with E-state index in [0.29, 0.717) is 4.47 Å². The standard InChI is InChI=1S/C7H2BrClN2O/c8-4-1-5(7(9)12)6(2-10)11-3-4/h1,3H. The predicted octanol–water partition coefficient (Wildman–Crippen LogP) is 2.09. The molecule has 5 heteroatoms. The van der Waals surface area contributed by atoms with Crippen LogP contribution in [0.3, 0.4) is 0 Å². The molecule has 1 heterocycles. The molecule has 0 aliphatic heterocycles. The first kappa shape index (κ1) is 9.17. The minimum absolute atomic E-state index is 0.0400. The number of carbonyl (C=O) groups is 1. The number of nitrogens with zero attached hydrogens (tertiary/aromatic N) is 2. The van der Waals surface area contributed by atoms with Gasteiger partial charge in [0.05, 0.1) is 5.56 Å². The van der Waals surface area contributed by atoms with Gasteiger partial charge in [0.25, 0.3) is 5.24 Å². The fourth-order valence-corrected chi connectivity index (χ4v) is 1.15. The molecule has 0 atom stereocenters. The highest BCUT2D eigenvalue weighted by Gasteiger charge is 2.09. The molecule has 3 nitrogen and oxygen atoms in total. The van der Waals surface area contributed by atoms with Crippen molar-refractivity contribution in [3.63, 3.8) is 0 Å². The molecule has 0 aliphatic rings. The summed E-state index contributed by atoms with van der Waals surface area (Å²) < 4.78 is 0.616. The Labute approximate surface area is 82.1 Å². The number of pyridine rings is 1. The fraction of sp³-hybridized carbons (Fsp3) is 0.